The summed E-state index contributed by atoms with van der Waals surface area (Å²) < 4.78 is 1.14. The first-order valence-electron chi connectivity index (χ1n) is 11.5. The monoisotopic (exact) mass is 469 g/mol. The molecular formula is C26H35N3OS2. The lowest BCUT2D eigenvalue weighted by atomic mass is 10.1. The Morgan fingerprint density at radius 3 is 2.34 bits per heavy atom. The zero-order valence-corrected chi connectivity index (χ0v) is 21.8. The fourth-order valence-corrected chi connectivity index (χ4v) is 5.57. The number of hydrogen-bond donors (Lipinski definition) is 0. The number of nitrogens with zero attached hydrogens (tertiary/aromatic N) is 3. The van der Waals surface area contributed by atoms with Crippen molar-refractivity contribution in [3.8, 4) is 0 Å². The van der Waals surface area contributed by atoms with Crippen molar-refractivity contribution in [2.24, 2.45) is 0 Å². The van der Waals surface area contributed by atoms with Crippen LogP contribution in [0, 0.1) is 13.8 Å². The van der Waals surface area contributed by atoms with E-state index in [4.69, 9.17) is 4.98 Å². The van der Waals surface area contributed by atoms with Crippen LogP contribution < -0.4 is 4.90 Å². The van der Waals surface area contributed by atoms with Gasteiger partial charge < -0.3 is 4.90 Å². The number of thiazole rings is 1. The van der Waals surface area contributed by atoms with Crippen LogP contribution in [-0.2, 0) is 11.2 Å². The van der Waals surface area contributed by atoms with E-state index in [-0.39, 0.29) is 5.91 Å². The number of amides is 1. The van der Waals surface area contributed by atoms with E-state index in [1.165, 1.54) is 16.0 Å². The van der Waals surface area contributed by atoms with Gasteiger partial charge in [0.15, 0.2) is 5.13 Å². The lowest BCUT2D eigenvalue weighted by molar-refractivity contribution is -0.118. The van der Waals surface area contributed by atoms with Crippen LogP contribution in [0.1, 0.15) is 44.4 Å². The fraction of sp³-hybridized carbons (Fsp3) is 0.462. The van der Waals surface area contributed by atoms with Gasteiger partial charge >= 0.3 is 0 Å². The molecule has 0 radical (unpaired) electrons. The van der Waals surface area contributed by atoms with Crippen LogP contribution in [0.5, 0.6) is 0 Å². The molecule has 2 aromatic carbocycles. The third kappa shape index (κ3) is 6.12. The maximum absolute atomic E-state index is 13.5. The number of thioether (sulfide) groups is 1. The highest BCUT2D eigenvalue weighted by Gasteiger charge is 2.21. The Hall–Kier alpha value is -1.89. The Morgan fingerprint density at radius 2 is 1.72 bits per heavy atom. The standard InChI is InChI=1S/C26H35N3OS2/c1-7-28(8-2)15-16-29(26-27-25-20(6)19(5)9-14-23(25)32-26)24(30)17-21-10-12-22(13-11-21)31-18(3)4/h9-14,18H,7-8,15-17H2,1-6H3. The summed E-state index contributed by atoms with van der Waals surface area (Å²) >= 11 is 3.46. The number of carbonyl (C=O) groups is 1. The predicted molar refractivity (Wildman–Crippen MR) is 140 cm³/mol. The molecular weight excluding hydrogens is 434 g/mol. The summed E-state index contributed by atoms with van der Waals surface area (Å²) in [6, 6.07) is 12.7. The van der Waals surface area contributed by atoms with Gasteiger partial charge in [-0.15, -0.1) is 11.8 Å². The zero-order chi connectivity index (χ0) is 23.3. The molecule has 4 nitrogen and oxygen atoms in total. The first kappa shape index (κ1) is 24.7. The molecule has 1 amide bonds. The molecule has 3 aromatic rings. The van der Waals surface area contributed by atoms with Gasteiger partial charge in [0.05, 0.1) is 16.6 Å². The summed E-state index contributed by atoms with van der Waals surface area (Å²) in [5.74, 6) is 0.106. The maximum atomic E-state index is 13.5. The van der Waals surface area contributed by atoms with Crippen molar-refractivity contribution in [3.05, 3.63) is 53.1 Å². The third-order valence-corrected chi connectivity index (χ3v) is 7.85. The number of fused-ring (bicyclic) bond motifs is 1. The molecule has 0 aliphatic heterocycles. The molecule has 172 valence electrons. The molecule has 6 heteroatoms. The minimum absolute atomic E-state index is 0.106. The Balaban J connectivity index is 1.85. The zero-order valence-electron chi connectivity index (χ0n) is 20.1. The SMILES string of the molecule is CCN(CC)CCN(C(=O)Cc1ccc(SC(C)C)cc1)c1nc2c(C)c(C)ccc2s1. The predicted octanol–water partition coefficient (Wildman–Crippen LogP) is 6.33. The molecule has 0 fully saturated rings. The Bertz CT molecular complexity index is 1040. The molecule has 0 unspecified atom stereocenters. The highest BCUT2D eigenvalue weighted by Crippen LogP contribution is 2.32. The summed E-state index contributed by atoms with van der Waals surface area (Å²) in [4.78, 5) is 23.9. The second-order valence-electron chi connectivity index (χ2n) is 8.41. The molecule has 32 heavy (non-hydrogen) atoms. The summed E-state index contributed by atoms with van der Waals surface area (Å²) in [7, 11) is 0. The normalized spacial score (nSPS) is 11.6. The topological polar surface area (TPSA) is 36.4 Å². The Morgan fingerprint density at radius 1 is 1.03 bits per heavy atom. The van der Waals surface area contributed by atoms with Crippen LogP contribution in [0.15, 0.2) is 41.3 Å². The van der Waals surface area contributed by atoms with E-state index in [1.807, 2.05) is 16.7 Å². The van der Waals surface area contributed by atoms with E-state index in [1.54, 1.807) is 11.3 Å². The van der Waals surface area contributed by atoms with Crippen LogP contribution >= 0.6 is 23.1 Å². The van der Waals surface area contributed by atoms with Crippen molar-refractivity contribution < 1.29 is 4.79 Å². The van der Waals surface area contributed by atoms with Gasteiger partial charge in [-0.05, 0) is 61.8 Å². The van der Waals surface area contributed by atoms with Gasteiger partial charge in [0.2, 0.25) is 5.91 Å². The van der Waals surface area contributed by atoms with E-state index >= 15 is 0 Å². The van der Waals surface area contributed by atoms with Crippen LogP contribution in [-0.4, -0.2) is 47.2 Å². The molecule has 1 heterocycles. The van der Waals surface area contributed by atoms with E-state index in [9.17, 15) is 4.79 Å². The number of anilines is 1. The minimum Gasteiger partial charge on any atom is -0.302 e. The summed E-state index contributed by atoms with van der Waals surface area (Å²) in [6.45, 7) is 16.4. The Labute approximate surface area is 201 Å². The molecule has 0 N–H and O–H groups in total. The number of carbonyl (C=O) groups excluding carboxylic acids is 1. The lowest BCUT2D eigenvalue weighted by Gasteiger charge is -2.24. The van der Waals surface area contributed by atoms with E-state index in [0.717, 1.165) is 40.5 Å². The average molecular weight is 470 g/mol. The van der Waals surface area contributed by atoms with Crippen molar-refractivity contribution in [3.63, 3.8) is 0 Å². The van der Waals surface area contributed by atoms with E-state index in [0.29, 0.717) is 18.2 Å². The molecule has 0 saturated heterocycles. The van der Waals surface area contributed by atoms with Gasteiger partial charge in [-0.1, -0.05) is 57.2 Å². The van der Waals surface area contributed by atoms with Crippen LogP contribution in [0.25, 0.3) is 10.2 Å². The third-order valence-electron chi connectivity index (χ3n) is 5.79. The van der Waals surface area contributed by atoms with Crippen LogP contribution in [0.3, 0.4) is 0 Å². The molecule has 0 bridgehead atoms. The van der Waals surface area contributed by atoms with Gasteiger partial charge in [-0.25, -0.2) is 4.98 Å². The molecule has 0 aliphatic carbocycles. The smallest absolute Gasteiger partial charge is 0.233 e. The van der Waals surface area contributed by atoms with Gasteiger partial charge in [-0.2, -0.15) is 0 Å². The van der Waals surface area contributed by atoms with Crippen molar-refractivity contribution in [1.82, 2.24) is 9.88 Å². The highest BCUT2D eigenvalue weighted by atomic mass is 32.2. The molecule has 0 saturated carbocycles. The maximum Gasteiger partial charge on any atom is 0.233 e. The average Bonchev–Trinajstić information content (AvgIpc) is 3.19. The number of benzene rings is 2. The summed E-state index contributed by atoms with van der Waals surface area (Å²) in [5, 5.41) is 1.35. The summed E-state index contributed by atoms with van der Waals surface area (Å²) in [6.07, 6.45) is 0.388. The molecule has 0 aliphatic rings. The molecule has 1 aromatic heterocycles. The number of likely N-dealkylation sites (N-methyl/N-ethyl adjacent to an activating group) is 1. The summed E-state index contributed by atoms with van der Waals surface area (Å²) in [5.41, 5.74) is 4.49. The van der Waals surface area contributed by atoms with Crippen molar-refractivity contribution in [2.45, 2.75) is 58.1 Å². The fourth-order valence-electron chi connectivity index (χ4n) is 3.67. The van der Waals surface area contributed by atoms with E-state index in [2.05, 4.69) is 82.8 Å². The largest absolute Gasteiger partial charge is 0.302 e. The van der Waals surface area contributed by atoms with Crippen molar-refractivity contribution in [1.29, 1.82) is 0 Å². The number of rotatable bonds is 10. The van der Waals surface area contributed by atoms with Crippen molar-refractivity contribution in [2.75, 3.05) is 31.1 Å². The Kier molecular flexibility index (Phi) is 8.74. The second-order valence-corrected chi connectivity index (χ2v) is 11.1. The number of aromatic nitrogens is 1. The molecule has 0 atom stereocenters. The van der Waals surface area contributed by atoms with Crippen molar-refractivity contribution >= 4 is 44.4 Å². The second kappa shape index (κ2) is 11.3. The quantitative estimate of drug-likeness (QED) is 0.325. The van der Waals surface area contributed by atoms with E-state index < -0.39 is 0 Å². The first-order valence-corrected chi connectivity index (χ1v) is 13.2. The van der Waals surface area contributed by atoms with Crippen LogP contribution in [0.4, 0.5) is 5.13 Å². The molecule has 0 spiro atoms. The number of aryl methyl sites for hydroxylation is 2. The number of hydrogen-bond acceptors (Lipinski definition) is 5. The highest BCUT2D eigenvalue weighted by molar-refractivity contribution is 7.99. The first-order chi connectivity index (χ1) is 15.3. The lowest BCUT2D eigenvalue weighted by Crippen LogP contribution is -2.39. The van der Waals surface area contributed by atoms with Crippen LogP contribution in [0.2, 0.25) is 0 Å². The van der Waals surface area contributed by atoms with Gasteiger partial charge in [0.25, 0.3) is 0 Å². The van der Waals surface area contributed by atoms with Gasteiger partial charge in [0.1, 0.15) is 0 Å². The minimum atomic E-state index is 0.106. The molecule has 3 rings (SSSR count). The van der Waals surface area contributed by atoms with Gasteiger partial charge in [-0.3, -0.25) is 9.69 Å². The van der Waals surface area contributed by atoms with Gasteiger partial charge in [0, 0.05) is 23.2 Å².